The Hall–Kier alpha value is -1.97. The number of methoxy groups -OCH3 is 1. The van der Waals surface area contributed by atoms with Crippen LogP contribution in [0.15, 0.2) is 36.7 Å². The van der Waals surface area contributed by atoms with Crippen LogP contribution in [0.4, 0.5) is 0 Å². The number of rotatable bonds is 7. The van der Waals surface area contributed by atoms with Gasteiger partial charge in [-0.15, -0.1) is 0 Å². The standard InChI is InChI=1S/C14H20N2O2/c1-11(10-17)15-12(2)16(3)9-13-5-7-14(18-4)8-6-13/h5-8,10-11,15H,2,9H2,1,3-4H3. The zero-order valence-electron chi connectivity index (χ0n) is 11.1. The summed E-state index contributed by atoms with van der Waals surface area (Å²) in [6, 6.07) is 7.63. The van der Waals surface area contributed by atoms with Gasteiger partial charge in [-0.25, -0.2) is 0 Å². The van der Waals surface area contributed by atoms with Gasteiger partial charge >= 0.3 is 0 Å². The van der Waals surface area contributed by atoms with Crippen LogP contribution in [0.25, 0.3) is 0 Å². The largest absolute Gasteiger partial charge is 0.497 e. The van der Waals surface area contributed by atoms with Gasteiger partial charge in [0.05, 0.1) is 19.0 Å². The molecule has 0 saturated heterocycles. The molecule has 1 atom stereocenters. The summed E-state index contributed by atoms with van der Waals surface area (Å²) >= 11 is 0. The van der Waals surface area contributed by atoms with Crippen molar-refractivity contribution < 1.29 is 9.53 Å². The summed E-state index contributed by atoms with van der Waals surface area (Å²) in [7, 11) is 3.57. The highest BCUT2D eigenvalue weighted by atomic mass is 16.5. The molecule has 1 aromatic carbocycles. The number of nitrogens with one attached hydrogen (secondary N) is 1. The Balaban J connectivity index is 2.54. The van der Waals surface area contributed by atoms with Crippen LogP contribution in [0.3, 0.4) is 0 Å². The number of carbonyl (C=O) groups excluding carboxylic acids is 1. The maximum Gasteiger partial charge on any atom is 0.141 e. The second-order valence-corrected chi connectivity index (χ2v) is 4.22. The van der Waals surface area contributed by atoms with E-state index < -0.39 is 0 Å². The summed E-state index contributed by atoms with van der Waals surface area (Å²) in [6.45, 7) is 6.42. The molecule has 1 aromatic rings. The predicted molar refractivity (Wildman–Crippen MR) is 72.3 cm³/mol. The van der Waals surface area contributed by atoms with Crippen LogP contribution in [0.5, 0.6) is 5.75 Å². The van der Waals surface area contributed by atoms with Gasteiger partial charge in [0.1, 0.15) is 12.0 Å². The van der Waals surface area contributed by atoms with Gasteiger partial charge in [0.25, 0.3) is 0 Å². The van der Waals surface area contributed by atoms with Crippen molar-refractivity contribution in [1.82, 2.24) is 10.2 Å². The number of nitrogens with zero attached hydrogens (tertiary/aromatic N) is 1. The fourth-order valence-corrected chi connectivity index (χ4v) is 1.51. The molecule has 1 N–H and O–H groups in total. The van der Waals surface area contributed by atoms with E-state index >= 15 is 0 Å². The SMILES string of the molecule is C=C(NC(C)C=O)N(C)Cc1ccc(OC)cc1. The molecule has 0 bridgehead atoms. The van der Waals surface area contributed by atoms with Gasteiger partial charge in [0.15, 0.2) is 0 Å². The summed E-state index contributed by atoms with van der Waals surface area (Å²) in [5, 5.41) is 3.01. The lowest BCUT2D eigenvalue weighted by atomic mass is 10.2. The monoisotopic (exact) mass is 248 g/mol. The van der Waals surface area contributed by atoms with Crippen molar-refractivity contribution in [1.29, 1.82) is 0 Å². The first-order chi connectivity index (χ1) is 8.56. The Morgan fingerprint density at radius 3 is 2.61 bits per heavy atom. The first-order valence-electron chi connectivity index (χ1n) is 5.81. The summed E-state index contributed by atoms with van der Waals surface area (Å²) in [5.41, 5.74) is 1.15. The van der Waals surface area contributed by atoms with Crippen molar-refractivity contribution in [2.75, 3.05) is 14.2 Å². The summed E-state index contributed by atoms with van der Waals surface area (Å²) in [5.74, 6) is 1.57. The van der Waals surface area contributed by atoms with E-state index in [1.165, 1.54) is 0 Å². The van der Waals surface area contributed by atoms with E-state index in [0.717, 1.165) is 30.0 Å². The molecule has 0 aromatic heterocycles. The van der Waals surface area contributed by atoms with E-state index in [9.17, 15) is 4.79 Å². The molecule has 0 radical (unpaired) electrons. The van der Waals surface area contributed by atoms with E-state index in [0.29, 0.717) is 0 Å². The minimum absolute atomic E-state index is 0.226. The lowest BCUT2D eigenvalue weighted by molar-refractivity contribution is -0.109. The molecule has 0 amide bonds. The third-order valence-electron chi connectivity index (χ3n) is 2.64. The third kappa shape index (κ3) is 4.13. The number of aldehydes is 1. The zero-order valence-corrected chi connectivity index (χ0v) is 11.1. The molecule has 0 saturated carbocycles. The first kappa shape index (κ1) is 14.1. The molecule has 98 valence electrons. The second-order valence-electron chi connectivity index (χ2n) is 4.22. The van der Waals surface area contributed by atoms with Crippen molar-refractivity contribution in [3.63, 3.8) is 0 Å². The van der Waals surface area contributed by atoms with E-state index in [4.69, 9.17) is 4.74 Å². The molecular weight excluding hydrogens is 228 g/mol. The minimum Gasteiger partial charge on any atom is -0.497 e. The molecule has 4 heteroatoms. The van der Waals surface area contributed by atoms with E-state index in [1.807, 2.05) is 36.2 Å². The molecule has 0 spiro atoms. The van der Waals surface area contributed by atoms with Crippen molar-refractivity contribution in [2.45, 2.75) is 19.5 Å². The lowest BCUT2D eigenvalue weighted by Crippen LogP contribution is -2.34. The zero-order chi connectivity index (χ0) is 13.5. The normalized spacial score (nSPS) is 11.5. The highest BCUT2D eigenvalue weighted by molar-refractivity contribution is 5.57. The fourth-order valence-electron chi connectivity index (χ4n) is 1.51. The van der Waals surface area contributed by atoms with Gasteiger partial charge in [-0.3, -0.25) is 0 Å². The van der Waals surface area contributed by atoms with Gasteiger partial charge in [0, 0.05) is 13.6 Å². The van der Waals surface area contributed by atoms with Crippen molar-refractivity contribution in [2.24, 2.45) is 0 Å². The maximum atomic E-state index is 10.6. The van der Waals surface area contributed by atoms with Crippen LogP contribution >= 0.6 is 0 Å². The summed E-state index contributed by atoms with van der Waals surface area (Å²) in [4.78, 5) is 12.5. The molecule has 0 heterocycles. The van der Waals surface area contributed by atoms with E-state index in [2.05, 4.69) is 11.9 Å². The van der Waals surface area contributed by atoms with Crippen LogP contribution in [0.2, 0.25) is 0 Å². The van der Waals surface area contributed by atoms with Gasteiger partial charge < -0.3 is 19.7 Å². The number of benzene rings is 1. The summed E-state index contributed by atoms with van der Waals surface area (Å²) in [6.07, 6.45) is 0.854. The average Bonchev–Trinajstić information content (AvgIpc) is 2.39. The number of ether oxygens (including phenoxy) is 1. The number of hydrogen-bond donors (Lipinski definition) is 1. The van der Waals surface area contributed by atoms with E-state index in [-0.39, 0.29) is 6.04 Å². The Kier molecular flexibility index (Phi) is 5.24. The smallest absolute Gasteiger partial charge is 0.141 e. The third-order valence-corrected chi connectivity index (χ3v) is 2.64. The maximum absolute atomic E-state index is 10.6. The van der Waals surface area contributed by atoms with Crippen LogP contribution in [-0.4, -0.2) is 31.4 Å². The molecule has 0 aliphatic rings. The second kappa shape index (κ2) is 6.69. The Bertz CT molecular complexity index is 401. The van der Waals surface area contributed by atoms with Gasteiger partial charge in [-0.2, -0.15) is 0 Å². The Labute approximate surface area is 108 Å². The minimum atomic E-state index is -0.226. The Morgan fingerprint density at radius 2 is 2.11 bits per heavy atom. The molecule has 0 aliphatic carbocycles. The van der Waals surface area contributed by atoms with Crippen molar-refractivity contribution >= 4 is 6.29 Å². The van der Waals surface area contributed by atoms with Crippen LogP contribution in [0, 0.1) is 0 Å². The van der Waals surface area contributed by atoms with Crippen molar-refractivity contribution in [3.8, 4) is 5.75 Å². The molecule has 4 nitrogen and oxygen atoms in total. The van der Waals surface area contributed by atoms with Crippen LogP contribution < -0.4 is 10.1 Å². The van der Waals surface area contributed by atoms with Crippen LogP contribution in [-0.2, 0) is 11.3 Å². The predicted octanol–water partition coefficient (Wildman–Crippen LogP) is 1.78. The average molecular weight is 248 g/mol. The van der Waals surface area contributed by atoms with Gasteiger partial charge in [-0.1, -0.05) is 18.7 Å². The molecule has 0 aliphatic heterocycles. The van der Waals surface area contributed by atoms with Gasteiger partial charge in [0.2, 0.25) is 0 Å². The molecule has 1 rings (SSSR count). The lowest BCUT2D eigenvalue weighted by Gasteiger charge is -2.24. The highest BCUT2D eigenvalue weighted by Crippen LogP contribution is 2.13. The topological polar surface area (TPSA) is 41.6 Å². The van der Waals surface area contributed by atoms with Crippen LogP contribution in [0.1, 0.15) is 12.5 Å². The van der Waals surface area contributed by atoms with Crippen molar-refractivity contribution in [3.05, 3.63) is 42.2 Å². The molecule has 18 heavy (non-hydrogen) atoms. The molecule has 0 fully saturated rings. The van der Waals surface area contributed by atoms with Gasteiger partial charge in [-0.05, 0) is 24.6 Å². The number of carbonyl (C=O) groups is 1. The molecular formula is C14H20N2O2. The number of hydrogen-bond acceptors (Lipinski definition) is 4. The highest BCUT2D eigenvalue weighted by Gasteiger charge is 2.06. The van der Waals surface area contributed by atoms with E-state index in [1.54, 1.807) is 14.0 Å². The first-order valence-corrected chi connectivity index (χ1v) is 5.81. The molecule has 1 unspecified atom stereocenters. The quantitative estimate of drug-likeness (QED) is 0.747. The summed E-state index contributed by atoms with van der Waals surface area (Å²) < 4.78 is 5.11. The fraction of sp³-hybridized carbons (Fsp3) is 0.357. The Morgan fingerprint density at radius 1 is 1.50 bits per heavy atom.